The lowest BCUT2D eigenvalue weighted by molar-refractivity contribution is 0.0697. The van der Waals surface area contributed by atoms with E-state index in [9.17, 15) is 15.0 Å². The van der Waals surface area contributed by atoms with Gasteiger partial charge in [-0.15, -0.1) is 0 Å². The van der Waals surface area contributed by atoms with Gasteiger partial charge in [0.15, 0.2) is 11.5 Å². The Morgan fingerprint density at radius 2 is 2.00 bits per heavy atom. The van der Waals surface area contributed by atoms with Crippen LogP contribution in [0.1, 0.15) is 15.9 Å². The Morgan fingerprint density at radius 1 is 1.24 bits per heavy atom. The number of rotatable bonds is 4. The van der Waals surface area contributed by atoms with Gasteiger partial charge in [-0.3, -0.25) is 5.43 Å². The van der Waals surface area contributed by atoms with Crippen LogP contribution in [0.25, 0.3) is 0 Å². The van der Waals surface area contributed by atoms with Crippen LogP contribution in [0, 0.1) is 0 Å². The Balaban J connectivity index is 2.19. The van der Waals surface area contributed by atoms with E-state index in [1.807, 2.05) is 0 Å². The number of halogens is 1. The summed E-state index contributed by atoms with van der Waals surface area (Å²) in [6.45, 7) is 0. The lowest BCUT2D eigenvalue weighted by atomic mass is 10.2. The average molecular weight is 307 g/mol. The molecule has 6 nitrogen and oxygen atoms in total. The summed E-state index contributed by atoms with van der Waals surface area (Å²) in [6, 6.07) is 8.59. The number of para-hydroxylation sites is 1. The number of aromatic hydroxyl groups is 2. The lowest BCUT2D eigenvalue weighted by Crippen LogP contribution is -1.98. The van der Waals surface area contributed by atoms with Crippen LogP contribution in [0.3, 0.4) is 0 Å². The summed E-state index contributed by atoms with van der Waals surface area (Å²) < 4.78 is 0. The van der Waals surface area contributed by atoms with Crippen molar-refractivity contribution in [2.75, 3.05) is 5.43 Å². The minimum atomic E-state index is -1.08. The van der Waals surface area contributed by atoms with Gasteiger partial charge in [0, 0.05) is 5.56 Å². The van der Waals surface area contributed by atoms with E-state index in [4.69, 9.17) is 16.7 Å². The SMILES string of the molecule is O=C(O)c1ccc(Cl)c(N/N=C/c2cccc(O)c2O)c1. The van der Waals surface area contributed by atoms with Crippen LogP contribution in [0.5, 0.6) is 11.5 Å². The smallest absolute Gasteiger partial charge is 0.335 e. The Morgan fingerprint density at radius 3 is 2.71 bits per heavy atom. The van der Waals surface area contributed by atoms with E-state index in [2.05, 4.69) is 10.5 Å². The molecule has 0 spiro atoms. The molecule has 0 aliphatic rings. The summed E-state index contributed by atoms with van der Waals surface area (Å²) in [5.74, 6) is -1.64. The third kappa shape index (κ3) is 3.43. The lowest BCUT2D eigenvalue weighted by Gasteiger charge is -2.05. The molecule has 0 bridgehead atoms. The molecule has 7 heteroatoms. The highest BCUT2D eigenvalue weighted by Crippen LogP contribution is 2.27. The molecule has 0 amide bonds. The summed E-state index contributed by atoms with van der Waals surface area (Å²) in [5.41, 5.74) is 3.26. The Kier molecular flexibility index (Phi) is 4.30. The van der Waals surface area contributed by atoms with Gasteiger partial charge in [-0.25, -0.2) is 4.79 Å². The number of benzene rings is 2. The van der Waals surface area contributed by atoms with Gasteiger partial charge in [-0.05, 0) is 30.3 Å². The number of anilines is 1. The van der Waals surface area contributed by atoms with E-state index < -0.39 is 5.97 Å². The van der Waals surface area contributed by atoms with Gasteiger partial charge in [0.05, 0.1) is 22.5 Å². The van der Waals surface area contributed by atoms with Crippen molar-refractivity contribution in [3.05, 3.63) is 52.5 Å². The van der Waals surface area contributed by atoms with Gasteiger partial charge in [0.25, 0.3) is 0 Å². The van der Waals surface area contributed by atoms with E-state index in [0.29, 0.717) is 16.3 Å². The molecule has 2 aromatic carbocycles. The van der Waals surface area contributed by atoms with Gasteiger partial charge < -0.3 is 15.3 Å². The first kappa shape index (κ1) is 14.7. The third-order valence-electron chi connectivity index (χ3n) is 2.65. The molecule has 0 aromatic heterocycles. The number of phenols is 2. The number of nitrogens with one attached hydrogen (secondary N) is 1. The third-order valence-corrected chi connectivity index (χ3v) is 2.98. The van der Waals surface area contributed by atoms with Gasteiger partial charge in [-0.2, -0.15) is 5.10 Å². The molecule has 2 rings (SSSR count). The maximum Gasteiger partial charge on any atom is 0.335 e. The van der Waals surface area contributed by atoms with Crippen molar-refractivity contribution >= 4 is 29.5 Å². The molecule has 0 radical (unpaired) electrons. The Hall–Kier alpha value is -2.73. The number of nitrogens with zero attached hydrogens (tertiary/aromatic N) is 1. The first-order valence-corrected chi connectivity index (χ1v) is 6.19. The number of hydrazone groups is 1. The highest BCUT2D eigenvalue weighted by Gasteiger charge is 2.07. The van der Waals surface area contributed by atoms with E-state index in [1.165, 1.54) is 30.5 Å². The standard InChI is InChI=1S/C14H11ClN2O4/c15-10-5-4-8(14(20)21)6-11(10)17-16-7-9-2-1-3-12(18)13(9)19/h1-7,17-19H,(H,20,21)/b16-7+. The molecular weight excluding hydrogens is 296 g/mol. The van der Waals surface area contributed by atoms with Crippen LogP contribution in [-0.2, 0) is 0 Å². The predicted octanol–water partition coefficient (Wildman–Crippen LogP) is 2.90. The molecule has 21 heavy (non-hydrogen) atoms. The zero-order valence-electron chi connectivity index (χ0n) is 10.6. The predicted molar refractivity (Wildman–Crippen MR) is 79.4 cm³/mol. The maximum atomic E-state index is 10.9. The number of carboxylic acids is 1. The summed E-state index contributed by atoms with van der Waals surface area (Å²) in [7, 11) is 0. The van der Waals surface area contributed by atoms with Crippen molar-refractivity contribution < 1.29 is 20.1 Å². The van der Waals surface area contributed by atoms with Gasteiger partial charge >= 0.3 is 5.97 Å². The average Bonchev–Trinajstić information content (AvgIpc) is 2.45. The first-order valence-electron chi connectivity index (χ1n) is 5.82. The highest BCUT2D eigenvalue weighted by molar-refractivity contribution is 6.33. The van der Waals surface area contributed by atoms with Gasteiger partial charge in [-0.1, -0.05) is 17.7 Å². The highest BCUT2D eigenvalue weighted by atomic mass is 35.5. The number of phenolic OH excluding ortho intramolecular Hbond substituents is 2. The number of hydrogen-bond acceptors (Lipinski definition) is 5. The zero-order valence-corrected chi connectivity index (χ0v) is 11.4. The van der Waals surface area contributed by atoms with Crippen molar-refractivity contribution in [3.8, 4) is 11.5 Å². The summed E-state index contributed by atoms with van der Waals surface area (Å²) in [6.07, 6.45) is 1.28. The molecule has 0 aliphatic heterocycles. The molecule has 0 saturated carbocycles. The van der Waals surface area contributed by atoms with Gasteiger partial charge in [0.1, 0.15) is 0 Å². The van der Waals surface area contributed by atoms with E-state index >= 15 is 0 Å². The molecular formula is C14H11ClN2O4. The molecule has 0 atom stereocenters. The van der Waals surface area contributed by atoms with E-state index in [-0.39, 0.29) is 17.1 Å². The quantitative estimate of drug-likeness (QED) is 0.395. The minimum absolute atomic E-state index is 0.0669. The second-order valence-corrected chi connectivity index (χ2v) is 4.49. The van der Waals surface area contributed by atoms with Crippen LogP contribution in [0.4, 0.5) is 5.69 Å². The summed E-state index contributed by atoms with van der Waals surface area (Å²) in [4.78, 5) is 10.9. The number of hydrogen-bond donors (Lipinski definition) is 4. The second kappa shape index (κ2) is 6.15. The largest absolute Gasteiger partial charge is 0.504 e. The topological polar surface area (TPSA) is 102 Å². The van der Waals surface area contributed by atoms with Crippen LogP contribution in [0.15, 0.2) is 41.5 Å². The molecule has 0 unspecified atom stereocenters. The maximum absolute atomic E-state index is 10.9. The van der Waals surface area contributed by atoms with Crippen LogP contribution in [0.2, 0.25) is 5.02 Å². The molecule has 0 saturated heterocycles. The van der Waals surface area contributed by atoms with Crippen LogP contribution < -0.4 is 5.43 Å². The minimum Gasteiger partial charge on any atom is -0.504 e. The second-order valence-electron chi connectivity index (χ2n) is 4.08. The molecule has 108 valence electrons. The van der Waals surface area contributed by atoms with Crippen molar-refractivity contribution in [3.63, 3.8) is 0 Å². The summed E-state index contributed by atoms with van der Waals surface area (Å²) in [5, 5.41) is 32.0. The number of carbonyl (C=O) groups is 1. The number of carboxylic acid groups (broad SMARTS) is 1. The molecule has 0 heterocycles. The monoisotopic (exact) mass is 306 g/mol. The van der Waals surface area contributed by atoms with Crippen LogP contribution in [-0.4, -0.2) is 27.5 Å². The summed E-state index contributed by atoms with van der Waals surface area (Å²) >= 11 is 5.92. The fourth-order valence-electron chi connectivity index (χ4n) is 1.57. The fourth-order valence-corrected chi connectivity index (χ4v) is 1.73. The Bertz CT molecular complexity index is 716. The molecule has 4 N–H and O–H groups in total. The molecule has 2 aromatic rings. The molecule has 0 fully saturated rings. The van der Waals surface area contributed by atoms with Crippen molar-refractivity contribution in [1.82, 2.24) is 0 Å². The first-order chi connectivity index (χ1) is 9.99. The van der Waals surface area contributed by atoms with E-state index in [1.54, 1.807) is 12.1 Å². The normalized spacial score (nSPS) is 10.7. The fraction of sp³-hybridized carbons (Fsp3) is 0. The molecule has 0 aliphatic carbocycles. The zero-order chi connectivity index (χ0) is 15.4. The Labute approximate surface area is 124 Å². The van der Waals surface area contributed by atoms with Gasteiger partial charge in [0.2, 0.25) is 0 Å². The number of aromatic carboxylic acids is 1. The van der Waals surface area contributed by atoms with E-state index in [0.717, 1.165) is 0 Å². The van der Waals surface area contributed by atoms with Crippen molar-refractivity contribution in [1.29, 1.82) is 0 Å². The van der Waals surface area contributed by atoms with Crippen molar-refractivity contribution in [2.45, 2.75) is 0 Å². The van der Waals surface area contributed by atoms with Crippen molar-refractivity contribution in [2.24, 2.45) is 5.10 Å². The van der Waals surface area contributed by atoms with Crippen LogP contribution >= 0.6 is 11.6 Å².